The van der Waals surface area contributed by atoms with Gasteiger partial charge >= 0.3 is 0 Å². The van der Waals surface area contributed by atoms with Crippen molar-refractivity contribution in [3.8, 4) is 0 Å². The first-order valence-electron chi connectivity index (χ1n) is 9.26. The molecule has 1 amide bonds. The average Bonchev–Trinajstić information content (AvgIpc) is 3.12. The van der Waals surface area contributed by atoms with Crippen molar-refractivity contribution in [1.82, 2.24) is 9.88 Å². The van der Waals surface area contributed by atoms with Crippen molar-refractivity contribution in [2.24, 2.45) is 0 Å². The van der Waals surface area contributed by atoms with Gasteiger partial charge in [-0.2, -0.15) is 0 Å². The first-order valence-corrected chi connectivity index (χ1v) is 11.3. The molecule has 0 radical (unpaired) electrons. The van der Waals surface area contributed by atoms with Crippen molar-refractivity contribution in [3.63, 3.8) is 0 Å². The van der Waals surface area contributed by atoms with Gasteiger partial charge in [0.1, 0.15) is 5.01 Å². The predicted octanol–water partition coefficient (Wildman–Crippen LogP) is 5.18. The summed E-state index contributed by atoms with van der Waals surface area (Å²) in [5.41, 5.74) is 1.92. The summed E-state index contributed by atoms with van der Waals surface area (Å²) in [5, 5.41) is 4.18. The van der Waals surface area contributed by atoms with E-state index < -0.39 is 0 Å². The molecule has 0 bridgehead atoms. The number of nitrogens with one attached hydrogen (secondary N) is 1. The summed E-state index contributed by atoms with van der Waals surface area (Å²) in [5.74, 6) is 0.0428. The maximum absolute atomic E-state index is 12.7. The summed E-state index contributed by atoms with van der Waals surface area (Å²) in [7, 11) is 0. The van der Waals surface area contributed by atoms with Crippen LogP contribution in [-0.4, -0.2) is 35.1 Å². The number of thiazole rings is 1. The highest BCUT2D eigenvalue weighted by Gasteiger charge is 2.28. The molecule has 2 aromatic carbocycles. The molecule has 1 saturated heterocycles. The molecule has 1 N–H and O–H groups in total. The predicted molar refractivity (Wildman–Crippen MR) is 115 cm³/mol. The number of thioether (sulfide) groups is 1. The largest absolute Gasteiger partial charge is 0.325 e. The van der Waals surface area contributed by atoms with Crippen LogP contribution in [0.15, 0.2) is 53.4 Å². The lowest BCUT2D eigenvalue weighted by Crippen LogP contribution is -2.39. The number of rotatable bonds is 5. The molecule has 0 spiro atoms. The molecule has 140 valence electrons. The van der Waals surface area contributed by atoms with Gasteiger partial charge in [0, 0.05) is 10.6 Å². The molecule has 1 aromatic heterocycles. The molecule has 2 heterocycles. The van der Waals surface area contributed by atoms with Gasteiger partial charge in [-0.15, -0.1) is 23.1 Å². The van der Waals surface area contributed by atoms with E-state index in [0.29, 0.717) is 6.54 Å². The molecule has 4 rings (SSSR count). The number of anilines is 1. The Labute approximate surface area is 168 Å². The van der Waals surface area contributed by atoms with E-state index in [9.17, 15) is 4.79 Å². The number of aromatic nitrogens is 1. The van der Waals surface area contributed by atoms with Crippen LogP contribution < -0.4 is 5.32 Å². The van der Waals surface area contributed by atoms with Crippen molar-refractivity contribution in [2.75, 3.05) is 24.7 Å². The Hall–Kier alpha value is -1.89. The minimum atomic E-state index is 0.0428. The fourth-order valence-corrected chi connectivity index (χ4v) is 5.17. The van der Waals surface area contributed by atoms with Crippen molar-refractivity contribution in [1.29, 1.82) is 0 Å². The Bertz CT molecular complexity index is 907. The standard InChI is InChI=1S/C21H23N3OS2/c1-26-16-8-6-7-15(13-16)22-20(25)14-24-12-5-4-10-18(24)21-23-17-9-2-3-11-19(17)27-21/h2-3,6-9,11,13,18H,4-5,10,12,14H2,1H3,(H,22,25)/t18-/m1/s1. The lowest BCUT2D eigenvalue weighted by Gasteiger charge is -2.33. The number of fused-ring (bicyclic) bond motifs is 1. The molecule has 0 aliphatic carbocycles. The molecule has 1 aliphatic rings. The van der Waals surface area contributed by atoms with E-state index in [1.54, 1.807) is 23.1 Å². The highest BCUT2D eigenvalue weighted by atomic mass is 32.2. The number of amides is 1. The van der Waals surface area contributed by atoms with E-state index in [1.807, 2.05) is 36.6 Å². The molecular weight excluding hydrogens is 374 g/mol. The number of benzene rings is 2. The molecule has 4 nitrogen and oxygen atoms in total. The van der Waals surface area contributed by atoms with E-state index in [-0.39, 0.29) is 11.9 Å². The number of likely N-dealkylation sites (tertiary alicyclic amines) is 1. The summed E-state index contributed by atoms with van der Waals surface area (Å²) < 4.78 is 1.22. The minimum Gasteiger partial charge on any atom is -0.325 e. The van der Waals surface area contributed by atoms with Crippen LogP contribution in [0.2, 0.25) is 0 Å². The average molecular weight is 398 g/mol. The minimum absolute atomic E-state index is 0.0428. The second-order valence-electron chi connectivity index (χ2n) is 6.78. The van der Waals surface area contributed by atoms with Gasteiger partial charge in [0.2, 0.25) is 5.91 Å². The summed E-state index contributed by atoms with van der Waals surface area (Å²) >= 11 is 3.43. The molecule has 1 atom stereocenters. The summed E-state index contributed by atoms with van der Waals surface area (Å²) in [6, 6.07) is 16.5. The van der Waals surface area contributed by atoms with Crippen LogP contribution in [-0.2, 0) is 4.79 Å². The van der Waals surface area contributed by atoms with E-state index in [2.05, 4.69) is 28.4 Å². The Kier molecular flexibility index (Phi) is 5.76. The number of nitrogens with zero attached hydrogens (tertiary/aromatic N) is 2. The third-order valence-electron chi connectivity index (χ3n) is 4.91. The maximum atomic E-state index is 12.7. The number of carbonyl (C=O) groups is 1. The fraction of sp³-hybridized carbons (Fsp3) is 0.333. The van der Waals surface area contributed by atoms with Crippen LogP contribution in [0.1, 0.15) is 30.3 Å². The summed E-state index contributed by atoms with van der Waals surface area (Å²) in [4.78, 5) is 20.9. The number of para-hydroxylation sites is 1. The van der Waals surface area contributed by atoms with Gasteiger partial charge in [0.05, 0.1) is 22.8 Å². The van der Waals surface area contributed by atoms with Crippen molar-refractivity contribution < 1.29 is 4.79 Å². The second-order valence-corrected chi connectivity index (χ2v) is 8.72. The molecular formula is C21H23N3OS2. The molecule has 6 heteroatoms. The Balaban J connectivity index is 1.47. The highest BCUT2D eigenvalue weighted by Crippen LogP contribution is 2.35. The Morgan fingerprint density at radius 2 is 2.15 bits per heavy atom. The molecule has 1 aliphatic heterocycles. The van der Waals surface area contributed by atoms with Gasteiger partial charge in [0.25, 0.3) is 0 Å². The van der Waals surface area contributed by atoms with Crippen molar-refractivity contribution in [3.05, 3.63) is 53.5 Å². The lowest BCUT2D eigenvalue weighted by atomic mass is 10.0. The topological polar surface area (TPSA) is 45.2 Å². The van der Waals surface area contributed by atoms with Gasteiger partial charge in [-0.1, -0.05) is 24.6 Å². The Morgan fingerprint density at radius 1 is 1.26 bits per heavy atom. The monoisotopic (exact) mass is 397 g/mol. The molecule has 27 heavy (non-hydrogen) atoms. The normalized spacial score (nSPS) is 17.9. The first-order chi connectivity index (χ1) is 13.2. The van der Waals surface area contributed by atoms with Crippen LogP contribution >= 0.6 is 23.1 Å². The number of piperidine rings is 1. The van der Waals surface area contributed by atoms with Crippen LogP contribution in [0.5, 0.6) is 0 Å². The van der Waals surface area contributed by atoms with Crippen molar-refractivity contribution >= 4 is 44.9 Å². The van der Waals surface area contributed by atoms with Gasteiger partial charge in [-0.3, -0.25) is 9.69 Å². The number of hydrogen-bond donors (Lipinski definition) is 1. The van der Waals surface area contributed by atoms with Crippen LogP contribution in [0, 0.1) is 0 Å². The fourth-order valence-electron chi connectivity index (χ4n) is 3.58. The SMILES string of the molecule is CSc1cccc(NC(=O)CN2CCCC[C@@H]2c2nc3ccccc3s2)c1. The molecule has 1 fully saturated rings. The van der Waals surface area contributed by atoms with Gasteiger partial charge in [-0.05, 0) is 56.0 Å². The molecule has 0 saturated carbocycles. The summed E-state index contributed by atoms with van der Waals surface area (Å²) in [6.07, 6.45) is 5.43. The molecule has 0 unspecified atom stereocenters. The number of carbonyl (C=O) groups excluding carboxylic acids is 1. The second kappa shape index (κ2) is 8.42. The molecule has 3 aromatic rings. The highest BCUT2D eigenvalue weighted by molar-refractivity contribution is 7.98. The van der Waals surface area contributed by atoms with E-state index >= 15 is 0 Å². The smallest absolute Gasteiger partial charge is 0.238 e. The zero-order chi connectivity index (χ0) is 18.6. The van der Waals surface area contributed by atoms with E-state index in [0.717, 1.165) is 40.5 Å². The maximum Gasteiger partial charge on any atom is 0.238 e. The van der Waals surface area contributed by atoms with Crippen LogP contribution in [0.3, 0.4) is 0 Å². The zero-order valence-electron chi connectivity index (χ0n) is 15.4. The Morgan fingerprint density at radius 3 is 3.00 bits per heavy atom. The number of hydrogen-bond acceptors (Lipinski definition) is 5. The quantitative estimate of drug-likeness (QED) is 0.602. The van der Waals surface area contributed by atoms with Crippen LogP contribution in [0.4, 0.5) is 5.69 Å². The lowest BCUT2D eigenvalue weighted by molar-refractivity contribution is -0.118. The van der Waals surface area contributed by atoms with Crippen LogP contribution in [0.25, 0.3) is 10.2 Å². The van der Waals surface area contributed by atoms with Crippen molar-refractivity contribution in [2.45, 2.75) is 30.2 Å². The third-order valence-corrected chi connectivity index (χ3v) is 6.77. The summed E-state index contributed by atoms with van der Waals surface area (Å²) in [6.45, 7) is 1.35. The van der Waals surface area contributed by atoms with Gasteiger partial charge in [-0.25, -0.2) is 4.98 Å². The third kappa shape index (κ3) is 4.34. The first kappa shape index (κ1) is 18.5. The van der Waals surface area contributed by atoms with E-state index in [4.69, 9.17) is 4.98 Å². The van der Waals surface area contributed by atoms with Gasteiger partial charge < -0.3 is 5.32 Å². The van der Waals surface area contributed by atoms with E-state index in [1.165, 1.54) is 11.1 Å². The van der Waals surface area contributed by atoms with Gasteiger partial charge in [0.15, 0.2) is 0 Å². The zero-order valence-corrected chi connectivity index (χ0v) is 17.0.